The van der Waals surface area contributed by atoms with Crippen LogP contribution in [0.25, 0.3) is 6.08 Å². The second-order valence-corrected chi connectivity index (χ2v) is 10.8. The van der Waals surface area contributed by atoms with Crippen LogP contribution < -0.4 is 10.1 Å². The lowest BCUT2D eigenvalue weighted by molar-refractivity contribution is -0.127. The summed E-state index contributed by atoms with van der Waals surface area (Å²) in [4.78, 5) is 51.1. The molecule has 0 aromatic heterocycles. The van der Waals surface area contributed by atoms with Gasteiger partial charge in [-0.15, -0.1) is 0 Å². The largest absolute Gasteiger partial charge is 0.488 e. The van der Waals surface area contributed by atoms with Crippen molar-refractivity contribution in [3.8, 4) is 5.75 Å². The fourth-order valence-electron chi connectivity index (χ4n) is 3.53. The third-order valence-corrected chi connectivity index (χ3v) is 7.53. The first-order valence-corrected chi connectivity index (χ1v) is 13.6. The number of carbonyl (C=O) groups is 4. The molecule has 8 nitrogen and oxygen atoms in total. The van der Waals surface area contributed by atoms with Gasteiger partial charge in [-0.1, -0.05) is 57.3 Å². The second kappa shape index (κ2) is 12.7. The molecule has 1 aliphatic heterocycles. The van der Waals surface area contributed by atoms with Crippen molar-refractivity contribution >= 4 is 85.7 Å². The topological polar surface area (TPSA) is 102 Å². The lowest BCUT2D eigenvalue weighted by Crippen LogP contribution is -2.36. The van der Waals surface area contributed by atoms with Crippen molar-refractivity contribution < 1.29 is 28.7 Å². The maximum Gasteiger partial charge on any atom is 0.339 e. The van der Waals surface area contributed by atoms with Crippen LogP contribution in [-0.4, -0.2) is 41.6 Å². The number of halogens is 3. The van der Waals surface area contributed by atoms with Gasteiger partial charge in [0.25, 0.3) is 11.1 Å². The number of rotatable bonds is 8. The zero-order chi connectivity index (χ0) is 28.1. The van der Waals surface area contributed by atoms with E-state index in [1.807, 2.05) is 18.2 Å². The lowest BCUT2D eigenvalue weighted by atomic mass is 10.1. The molecular weight excluding hydrogens is 631 g/mol. The van der Waals surface area contributed by atoms with Crippen LogP contribution in [0.5, 0.6) is 5.75 Å². The van der Waals surface area contributed by atoms with Crippen LogP contribution in [0.3, 0.4) is 0 Å². The molecule has 0 radical (unpaired) electrons. The van der Waals surface area contributed by atoms with Gasteiger partial charge in [-0.3, -0.25) is 19.3 Å². The van der Waals surface area contributed by atoms with Crippen LogP contribution in [0, 0.1) is 0 Å². The summed E-state index contributed by atoms with van der Waals surface area (Å²) < 4.78 is 11.4. The molecule has 1 fully saturated rings. The highest BCUT2D eigenvalue weighted by atomic mass is 79.9. The predicted molar refractivity (Wildman–Crippen MR) is 154 cm³/mol. The van der Waals surface area contributed by atoms with Gasteiger partial charge in [-0.2, -0.15) is 0 Å². The van der Waals surface area contributed by atoms with Crippen LogP contribution in [0.1, 0.15) is 21.5 Å². The molecule has 200 valence electrons. The molecule has 39 heavy (non-hydrogen) atoms. The highest BCUT2D eigenvalue weighted by Gasteiger charge is 2.36. The number of hydrogen-bond donors (Lipinski definition) is 1. The molecule has 0 unspecified atom stereocenters. The number of amides is 3. The van der Waals surface area contributed by atoms with Gasteiger partial charge in [0.05, 0.1) is 22.6 Å². The van der Waals surface area contributed by atoms with Crippen molar-refractivity contribution in [1.82, 2.24) is 4.90 Å². The number of esters is 1. The molecule has 0 spiro atoms. The molecule has 0 aliphatic carbocycles. The van der Waals surface area contributed by atoms with E-state index in [-0.39, 0.29) is 27.8 Å². The van der Waals surface area contributed by atoms with E-state index in [2.05, 4.69) is 26.0 Å². The van der Waals surface area contributed by atoms with Gasteiger partial charge in [0.2, 0.25) is 5.91 Å². The third kappa shape index (κ3) is 7.02. The van der Waals surface area contributed by atoms with Crippen LogP contribution in [0.4, 0.5) is 10.5 Å². The standard InChI is InChI=1S/C27H19BrCl2N2O6S/c1-37-26(35)19-12-18(7-8-21(19)30)31-24(33)13-32-25(34)23(39-27(32)36)11-16-10-17(28)6-9-22(16)38-14-15-4-2-3-5-20(15)29/h2-12H,13-14H2,1H3,(H,31,33)/b23-11+. The van der Waals surface area contributed by atoms with Crippen molar-refractivity contribution in [2.45, 2.75) is 6.61 Å². The Morgan fingerprint density at radius 1 is 1.05 bits per heavy atom. The molecular formula is C27H19BrCl2N2O6S. The maximum absolute atomic E-state index is 13.0. The fourth-order valence-corrected chi connectivity index (χ4v) is 5.12. The van der Waals surface area contributed by atoms with Gasteiger partial charge in [0, 0.05) is 26.3 Å². The quantitative estimate of drug-likeness (QED) is 0.212. The van der Waals surface area contributed by atoms with Crippen molar-refractivity contribution in [1.29, 1.82) is 0 Å². The number of anilines is 1. The SMILES string of the molecule is COC(=O)c1cc(NC(=O)CN2C(=O)S/C(=C/c3cc(Br)ccc3OCc3ccccc3Cl)C2=O)ccc1Cl. The molecule has 4 rings (SSSR count). The smallest absolute Gasteiger partial charge is 0.339 e. The Bertz CT molecular complexity index is 1510. The highest BCUT2D eigenvalue weighted by Crippen LogP contribution is 2.35. The number of carbonyl (C=O) groups excluding carboxylic acids is 4. The molecule has 0 saturated carbocycles. The predicted octanol–water partition coefficient (Wildman–Crippen LogP) is 6.80. The lowest BCUT2D eigenvalue weighted by Gasteiger charge is -2.13. The molecule has 3 aromatic carbocycles. The molecule has 12 heteroatoms. The monoisotopic (exact) mass is 648 g/mol. The van der Waals surface area contributed by atoms with E-state index < -0.39 is 29.6 Å². The van der Waals surface area contributed by atoms with Crippen molar-refractivity contribution in [2.24, 2.45) is 0 Å². The Balaban J connectivity index is 1.48. The Labute approximate surface area is 246 Å². The van der Waals surface area contributed by atoms with E-state index in [1.165, 1.54) is 31.4 Å². The van der Waals surface area contributed by atoms with Crippen LogP contribution in [0.2, 0.25) is 10.0 Å². The molecule has 1 aliphatic rings. The van der Waals surface area contributed by atoms with Gasteiger partial charge < -0.3 is 14.8 Å². The van der Waals surface area contributed by atoms with Gasteiger partial charge in [-0.05, 0) is 60.3 Å². The van der Waals surface area contributed by atoms with Crippen molar-refractivity contribution in [3.05, 3.63) is 96.8 Å². The molecule has 1 N–H and O–H groups in total. The molecule has 3 aromatic rings. The number of nitrogens with one attached hydrogen (secondary N) is 1. The molecule has 3 amide bonds. The summed E-state index contributed by atoms with van der Waals surface area (Å²) in [5.41, 5.74) is 1.66. The minimum absolute atomic E-state index is 0.0626. The Hall–Kier alpha value is -3.31. The first kappa shape index (κ1) is 28.7. The zero-order valence-electron chi connectivity index (χ0n) is 20.2. The molecule has 1 saturated heterocycles. The van der Waals surface area contributed by atoms with Crippen LogP contribution >= 0.6 is 50.9 Å². The van der Waals surface area contributed by atoms with Crippen LogP contribution in [0.15, 0.2) is 70.0 Å². The van der Waals surface area contributed by atoms with Crippen molar-refractivity contribution in [3.63, 3.8) is 0 Å². The van der Waals surface area contributed by atoms with E-state index >= 15 is 0 Å². The summed E-state index contributed by atoms with van der Waals surface area (Å²) in [5, 5.41) is 2.68. The van der Waals surface area contributed by atoms with Crippen LogP contribution in [-0.2, 0) is 20.9 Å². The molecule has 0 atom stereocenters. The molecule has 0 bridgehead atoms. The average Bonchev–Trinajstić information content (AvgIpc) is 3.16. The van der Waals surface area contributed by atoms with Gasteiger partial charge in [-0.25, -0.2) is 4.79 Å². The highest BCUT2D eigenvalue weighted by molar-refractivity contribution is 9.10. The number of methoxy groups -OCH3 is 1. The summed E-state index contributed by atoms with van der Waals surface area (Å²) in [6.07, 6.45) is 1.54. The number of thioether (sulfide) groups is 1. The summed E-state index contributed by atoms with van der Waals surface area (Å²) >= 11 is 16.4. The number of ether oxygens (including phenoxy) is 2. The van der Waals surface area contributed by atoms with E-state index in [4.69, 9.17) is 27.9 Å². The van der Waals surface area contributed by atoms with E-state index in [0.717, 1.165) is 14.9 Å². The van der Waals surface area contributed by atoms with Gasteiger partial charge in [0.15, 0.2) is 0 Å². The normalized spacial score (nSPS) is 14.1. The second-order valence-electron chi connectivity index (χ2n) is 8.06. The minimum Gasteiger partial charge on any atom is -0.488 e. The fraction of sp³-hybridized carbons (Fsp3) is 0.111. The van der Waals surface area contributed by atoms with E-state index in [9.17, 15) is 19.2 Å². The zero-order valence-corrected chi connectivity index (χ0v) is 24.1. The van der Waals surface area contributed by atoms with Gasteiger partial charge >= 0.3 is 5.97 Å². The number of nitrogens with zero attached hydrogens (tertiary/aromatic N) is 1. The molecule has 1 heterocycles. The third-order valence-electron chi connectivity index (χ3n) is 5.43. The first-order valence-electron chi connectivity index (χ1n) is 11.2. The minimum atomic E-state index is -0.671. The average molecular weight is 650 g/mol. The summed E-state index contributed by atoms with van der Waals surface area (Å²) in [7, 11) is 1.21. The summed E-state index contributed by atoms with van der Waals surface area (Å²) in [5.74, 6) is -1.45. The van der Waals surface area contributed by atoms with E-state index in [1.54, 1.807) is 24.3 Å². The Morgan fingerprint density at radius 2 is 1.82 bits per heavy atom. The summed E-state index contributed by atoms with van der Waals surface area (Å²) in [6.45, 7) is -0.321. The Kier molecular flexibility index (Phi) is 9.34. The number of hydrogen-bond acceptors (Lipinski definition) is 7. The Morgan fingerprint density at radius 3 is 2.56 bits per heavy atom. The van der Waals surface area contributed by atoms with E-state index in [0.29, 0.717) is 28.1 Å². The maximum atomic E-state index is 13.0. The van der Waals surface area contributed by atoms with Crippen molar-refractivity contribution in [2.75, 3.05) is 19.0 Å². The number of imide groups is 1. The summed E-state index contributed by atoms with van der Waals surface area (Å²) in [6, 6.07) is 16.8. The van der Waals surface area contributed by atoms with Gasteiger partial charge in [0.1, 0.15) is 18.9 Å². The first-order chi connectivity index (χ1) is 18.7. The number of benzene rings is 3.